The Hall–Kier alpha value is -3.21. The maximum Gasteiger partial charge on any atom is 0.255 e. The molecule has 2 aromatic carbocycles. The standard InChI is InChI=1S/C24H19ClFN3O4S2/c25-19-5-2-1-4-18(19)23(30)28-11-13-29(14-12-28)24-22(27-21(33-24)20-6-3-15-34-20)35(31,32)17-9-7-16(26)8-10-17/h1-10,15H,11-14H2. The van der Waals surface area contributed by atoms with Crippen molar-refractivity contribution in [2.45, 2.75) is 9.92 Å². The maximum atomic E-state index is 13.4. The highest BCUT2D eigenvalue weighted by atomic mass is 35.5. The van der Waals surface area contributed by atoms with E-state index in [0.29, 0.717) is 41.6 Å². The summed E-state index contributed by atoms with van der Waals surface area (Å²) in [5, 5.41) is 1.98. The second-order valence-electron chi connectivity index (χ2n) is 7.82. The number of nitrogens with zero attached hydrogens (tertiary/aromatic N) is 3. The van der Waals surface area contributed by atoms with Crippen molar-refractivity contribution >= 4 is 44.6 Å². The van der Waals surface area contributed by atoms with E-state index in [1.807, 2.05) is 11.4 Å². The summed E-state index contributed by atoms with van der Waals surface area (Å²) in [6.07, 6.45) is 0. The number of piperazine rings is 1. The quantitative estimate of drug-likeness (QED) is 0.337. The van der Waals surface area contributed by atoms with Gasteiger partial charge in [-0.15, -0.1) is 11.3 Å². The second-order valence-corrected chi connectivity index (χ2v) is 11.0. The topological polar surface area (TPSA) is 83.7 Å². The molecule has 35 heavy (non-hydrogen) atoms. The Morgan fingerprint density at radius 1 is 1.00 bits per heavy atom. The van der Waals surface area contributed by atoms with Crippen LogP contribution in [0.2, 0.25) is 5.02 Å². The first kappa shape index (κ1) is 23.5. The summed E-state index contributed by atoms with van der Waals surface area (Å²) < 4.78 is 46.3. The molecule has 5 rings (SSSR count). The smallest absolute Gasteiger partial charge is 0.255 e. The molecule has 0 N–H and O–H groups in total. The van der Waals surface area contributed by atoms with Crippen LogP contribution in [0.25, 0.3) is 10.8 Å². The molecule has 0 bridgehead atoms. The van der Waals surface area contributed by atoms with Crippen LogP contribution >= 0.6 is 22.9 Å². The maximum absolute atomic E-state index is 13.4. The van der Waals surface area contributed by atoms with Crippen molar-refractivity contribution in [2.24, 2.45) is 0 Å². The lowest BCUT2D eigenvalue weighted by Crippen LogP contribution is -2.49. The predicted molar refractivity (Wildman–Crippen MR) is 131 cm³/mol. The van der Waals surface area contributed by atoms with Gasteiger partial charge in [0.1, 0.15) is 5.82 Å². The fraction of sp³-hybridized carbons (Fsp3) is 0.167. The molecule has 1 saturated heterocycles. The number of oxazole rings is 1. The number of amides is 1. The Kier molecular flexibility index (Phi) is 6.35. The largest absolute Gasteiger partial charge is 0.418 e. The molecule has 4 aromatic rings. The molecule has 1 aliphatic rings. The van der Waals surface area contributed by atoms with Gasteiger partial charge in [0.15, 0.2) is 0 Å². The van der Waals surface area contributed by atoms with Crippen LogP contribution in [0.3, 0.4) is 0 Å². The number of hydrogen-bond acceptors (Lipinski definition) is 7. The Morgan fingerprint density at radius 3 is 2.37 bits per heavy atom. The fourth-order valence-corrected chi connectivity index (χ4v) is 6.01. The van der Waals surface area contributed by atoms with Crippen LogP contribution in [-0.2, 0) is 9.84 Å². The van der Waals surface area contributed by atoms with E-state index in [2.05, 4.69) is 4.98 Å². The molecule has 0 aliphatic carbocycles. The van der Waals surface area contributed by atoms with E-state index in [0.717, 1.165) is 12.1 Å². The second kappa shape index (κ2) is 9.44. The van der Waals surface area contributed by atoms with E-state index in [9.17, 15) is 17.6 Å². The lowest BCUT2D eigenvalue weighted by Gasteiger charge is -2.34. The van der Waals surface area contributed by atoms with Crippen LogP contribution < -0.4 is 4.90 Å². The summed E-state index contributed by atoms with van der Waals surface area (Å²) in [4.78, 5) is 21.3. The number of carbonyl (C=O) groups is 1. The Labute approximate surface area is 210 Å². The molecule has 11 heteroatoms. The van der Waals surface area contributed by atoms with Crippen molar-refractivity contribution in [1.29, 1.82) is 0 Å². The summed E-state index contributed by atoms with van der Waals surface area (Å²) in [6, 6.07) is 15.0. The molecule has 7 nitrogen and oxygen atoms in total. The zero-order valence-corrected chi connectivity index (χ0v) is 20.6. The van der Waals surface area contributed by atoms with Crippen molar-refractivity contribution in [1.82, 2.24) is 9.88 Å². The minimum atomic E-state index is -4.09. The molecule has 0 unspecified atom stereocenters. The number of anilines is 1. The van der Waals surface area contributed by atoms with Crippen molar-refractivity contribution in [3.63, 3.8) is 0 Å². The van der Waals surface area contributed by atoms with Gasteiger partial charge in [0.05, 0.1) is 20.4 Å². The monoisotopic (exact) mass is 531 g/mol. The molecule has 3 heterocycles. The van der Waals surface area contributed by atoms with Gasteiger partial charge in [0.25, 0.3) is 5.91 Å². The first-order valence-corrected chi connectivity index (χ1v) is 13.4. The highest BCUT2D eigenvalue weighted by Crippen LogP contribution is 2.36. The molecular weight excluding hydrogens is 513 g/mol. The van der Waals surface area contributed by atoms with E-state index < -0.39 is 15.7 Å². The van der Waals surface area contributed by atoms with Gasteiger partial charge in [-0.05, 0) is 47.8 Å². The van der Waals surface area contributed by atoms with Crippen LogP contribution in [-0.4, -0.2) is 50.4 Å². The van der Waals surface area contributed by atoms with E-state index in [4.69, 9.17) is 16.0 Å². The molecular formula is C24H19ClFN3O4S2. The van der Waals surface area contributed by atoms with E-state index in [1.165, 1.54) is 23.5 Å². The van der Waals surface area contributed by atoms with Gasteiger partial charge in [-0.25, -0.2) is 12.8 Å². The van der Waals surface area contributed by atoms with Crippen molar-refractivity contribution < 1.29 is 22.0 Å². The van der Waals surface area contributed by atoms with Gasteiger partial charge >= 0.3 is 0 Å². The molecule has 0 saturated carbocycles. The van der Waals surface area contributed by atoms with Crippen molar-refractivity contribution in [3.05, 3.63) is 82.4 Å². The number of aromatic nitrogens is 1. The van der Waals surface area contributed by atoms with Gasteiger partial charge in [-0.3, -0.25) is 4.79 Å². The van der Waals surface area contributed by atoms with Crippen molar-refractivity contribution in [2.75, 3.05) is 31.1 Å². The molecule has 1 aliphatic heterocycles. The highest BCUT2D eigenvalue weighted by molar-refractivity contribution is 7.91. The molecule has 0 spiro atoms. The molecule has 180 valence electrons. The van der Waals surface area contributed by atoms with E-state index in [-0.39, 0.29) is 27.6 Å². The number of thiophene rings is 1. The van der Waals surface area contributed by atoms with Gasteiger partial charge in [0.2, 0.25) is 26.6 Å². The highest BCUT2D eigenvalue weighted by Gasteiger charge is 2.34. The van der Waals surface area contributed by atoms with Gasteiger partial charge in [-0.1, -0.05) is 29.8 Å². The van der Waals surface area contributed by atoms with Crippen LogP contribution in [0.5, 0.6) is 0 Å². The zero-order chi connectivity index (χ0) is 24.6. The number of benzene rings is 2. The molecule has 1 fully saturated rings. The minimum absolute atomic E-state index is 0.0845. The van der Waals surface area contributed by atoms with E-state index in [1.54, 1.807) is 40.1 Å². The predicted octanol–water partition coefficient (Wildman–Crippen LogP) is 4.99. The lowest BCUT2D eigenvalue weighted by atomic mass is 10.2. The third kappa shape index (κ3) is 4.56. The number of carbonyl (C=O) groups excluding carboxylic acids is 1. The lowest BCUT2D eigenvalue weighted by molar-refractivity contribution is 0.0745. The zero-order valence-electron chi connectivity index (χ0n) is 18.2. The number of hydrogen-bond donors (Lipinski definition) is 0. The van der Waals surface area contributed by atoms with Crippen LogP contribution in [0.4, 0.5) is 10.3 Å². The fourth-order valence-electron chi connectivity index (χ4n) is 3.82. The number of sulfone groups is 1. The van der Waals surface area contributed by atoms with E-state index >= 15 is 0 Å². The van der Waals surface area contributed by atoms with Crippen molar-refractivity contribution in [3.8, 4) is 10.8 Å². The van der Waals surface area contributed by atoms with Gasteiger partial charge in [0, 0.05) is 26.2 Å². The molecule has 0 radical (unpaired) electrons. The Balaban J connectivity index is 1.45. The third-order valence-electron chi connectivity index (χ3n) is 5.65. The van der Waals surface area contributed by atoms with Gasteiger partial charge in [-0.2, -0.15) is 4.98 Å². The Morgan fingerprint density at radius 2 is 1.71 bits per heavy atom. The minimum Gasteiger partial charge on any atom is -0.418 e. The SMILES string of the molecule is O=C(c1ccccc1Cl)N1CCN(c2oc(-c3cccs3)nc2S(=O)(=O)c2ccc(F)cc2)CC1. The summed E-state index contributed by atoms with van der Waals surface area (Å²) in [6.45, 7) is 1.35. The molecule has 0 atom stereocenters. The third-order valence-corrected chi connectivity index (χ3v) is 8.50. The van der Waals surface area contributed by atoms with Gasteiger partial charge < -0.3 is 14.2 Å². The Bertz CT molecular complexity index is 1460. The summed E-state index contributed by atoms with van der Waals surface area (Å²) >= 11 is 7.55. The first-order valence-electron chi connectivity index (χ1n) is 10.7. The number of rotatable bonds is 5. The van der Waals surface area contributed by atoms with Crippen LogP contribution in [0.15, 0.2) is 80.4 Å². The summed E-state index contributed by atoms with van der Waals surface area (Å²) in [5.74, 6) is -0.443. The average molecular weight is 532 g/mol. The van der Waals surface area contributed by atoms with Crippen LogP contribution in [0.1, 0.15) is 10.4 Å². The first-order chi connectivity index (χ1) is 16.8. The average Bonchev–Trinajstić information content (AvgIpc) is 3.55. The molecule has 1 amide bonds. The normalized spacial score (nSPS) is 14.3. The summed E-state index contributed by atoms with van der Waals surface area (Å²) in [5.41, 5.74) is 0.418. The molecule has 2 aromatic heterocycles. The van der Waals surface area contributed by atoms with Crippen LogP contribution in [0, 0.1) is 5.82 Å². The summed E-state index contributed by atoms with van der Waals surface area (Å²) in [7, 11) is -4.09. The number of halogens is 2.